The lowest BCUT2D eigenvalue weighted by molar-refractivity contribution is -0.143. The van der Waals surface area contributed by atoms with Crippen LogP contribution in [0, 0.1) is 0 Å². The Kier molecular flexibility index (Phi) is 11.8. The van der Waals surface area contributed by atoms with Crippen LogP contribution in [0.1, 0.15) is 36.9 Å². The number of pyridine rings is 1. The van der Waals surface area contributed by atoms with E-state index in [2.05, 4.69) is 4.98 Å². The van der Waals surface area contributed by atoms with Crippen molar-refractivity contribution < 1.29 is 34.8 Å². The van der Waals surface area contributed by atoms with E-state index in [-0.39, 0.29) is 38.3 Å². The zero-order valence-electron chi connectivity index (χ0n) is 17.2. The van der Waals surface area contributed by atoms with Crippen molar-refractivity contribution in [2.75, 3.05) is 26.7 Å². The molecule has 30 heavy (non-hydrogen) atoms. The molecule has 2 rings (SSSR count). The van der Waals surface area contributed by atoms with E-state index in [4.69, 9.17) is 10.2 Å². The second-order valence-corrected chi connectivity index (χ2v) is 7.02. The first-order valence-electron chi connectivity index (χ1n) is 9.79. The number of carbonyl (C=O) groups is 3. The first-order chi connectivity index (χ1) is 14.4. The van der Waals surface area contributed by atoms with Gasteiger partial charge in [0.25, 0.3) is 0 Å². The Labute approximate surface area is 175 Å². The van der Waals surface area contributed by atoms with E-state index in [1.165, 1.54) is 0 Å². The van der Waals surface area contributed by atoms with Crippen LogP contribution < -0.4 is 0 Å². The summed E-state index contributed by atoms with van der Waals surface area (Å²) < 4.78 is 0. The van der Waals surface area contributed by atoms with Crippen molar-refractivity contribution in [1.29, 1.82) is 0 Å². The van der Waals surface area contributed by atoms with Crippen molar-refractivity contribution in [3.8, 4) is 0 Å². The number of aliphatic carboxylic acids is 2. The summed E-state index contributed by atoms with van der Waals surface area (Å²) in [5, 5.41) is 34.7. The highest BCUT2D eigenvalue weighted by Crippen LogP contribution is 2.28. The smallest absolute Gasteiger partial charge is 0.317 e. The first-order valence-corrected chi connectivity index (χ1v) is 9.79. The normalized spacial score (nSPS) is 18.6. The summed E-state index contributed by atoms with van der Waals surface area (Å²) in [6, 6.07) is 3.08. The topological polar surface area (TPSA) is 152 Å². The number of aliphatic hydroxyl groups excluding tert-OH is 2. The molecule has 0 amide bonds. The maximum atomic E-state index is 11.5. The minimum absolute atomic E-state index is 0.00216. The third-order valence-corrected chi connectivity index (χ3v) is 5.05. The fourth-order valence-corrected chi connectivity index (χ4v) is 3.84. The van der Waals surface area contributed by atoms with Gasteiger partial charge in [0.1, 0.15) is 6.29 Å². The zero-order chi connectivity index (χ0) is 22.5. The van der Waals surface area contributed by atoms with Gasteiger partial charge in [0.2, 0.25) is 0 Å². The molecule has 2 atom stereocenters. The number of aldehydes is 1. The molecule has 1 unspecified atom stereocenters. The monoisotopic (exact) mass is 425 g/mol. The molecule has 10 nitrogen and oxygen atoms in total. The van der Waals surface area contributed by atoms with Gasteiger partial charge in [-0.3, -0.25) is 24.4 Å². The molecule has 0 saturated heterocycles. The van der Waals surface area contributed by atoms with Crippen LogP contribution >= 0.6 is 0 Å². The van der Waals surface area contributed by atoms with Crippen molar-refractivity contribution in [3.63, 3.8) is 0 Å². The van der Waals surface area contributed by atoms with Crippen LogP contribution in [-0.4, -0.2) is 92.3 Å². The molecule has 1 aliphatic rings. The van der Waals surface area contributed by atoms with Gasteiger partial charge in [-0.05, 0) is 24.5 Å². The van der Waals surface area contributed by atoms with Crippen molar-refractivity contribution >= 4 is 18.2 Å². The average molecular weight is 425 g/mol. The molecule has 0 spiro atoms. The molecule has 0 bridgehead atoms. The summed E-state index contributed by atoms with van der Waals surface area (Å²) in [5.41, 5.74) is 1.34. The lowest BCUT2D eigenvalue weighted by Crippen LogP contribution is -2.55. The maximum Gasteiger partial charge on any atom is 0.317 e. The van der Waals surface area contributed by atoms with Crippen LogP contribution in [0.5, 0.6) is 0 Å². The van der Waals surface area contributed by atoms with E-state index in [0.717, 1.165) is 26.4 Å². The summed E-state index contributed by atoms with van der Waals surface area (Å²) in [7, 11) is 1.00. The van der Waals surface area contributed by atoms with Crippen LogP contribution in [0.2, 0.25) is 0 Å². The van der Waals surface area contributed by atoms with Gasteiger partial charge < -0.3 is 25.2 Å². The van der Waals surface area contributed by atoms with E-state index >= 15 is 0 Å². The number of carboxylic acid groups (broad SMARTS) is 2. The number of carboxylic acids is 2. The van der Waals surface area contributed by atoms with Crippen molar-refractivity contribution in [1.82, 2.24) is 14.8 Å². The summed E-state index contributed by atoms with van der Waals surface area (Å²) in [6.07, 6.45) is 5.48. The molecule has 168 valence electrons. The third kappa shape index (κ3) is 8.15. The molecule has 1 aromatic rings. The third-order valence-electron chi connectivity index (χ3n) is 5.05. The molecular weight excluding hydrogens is 394 g/mol. The van der Waals surface area contributed by atoms with Crippen LogP contribution in [0.15, 0.2) is 18.3 Å². The molecule has 4 N–H and O–H groups in total. The summed E-state index contributed by atoms with van der Waals surface area (Å²) in [6.45, 7) is -0.289. The van der Waals surface area contributed by atoms with E-state index in [9.17, 15) is 24.6 Å². The van der Waals surface area contributed by atoms with Crippen molar-refractivity contribution in [2.24, 2.45) is 0 Å². The van der Waals surface area contributed by atoms with Crippen molar-refractivity contribution in [3.05, 3.63) is 29.6 Å². The van der Waals surface area contributed by atoms with Gasteiger partial charge in [-0.2, -0.15) is 0 Å². The molecule has 0 aliphatic heterocycles. The fourth-order valence-electron chi connectivity index (χ4n) is 3.84. The van der Waals surface area contributed by atoms with Gasteiger partial charge >= 0.3 is 11.9 Å². The fraction of sp³-hybridized carbons (Fsp3) is 0.600. The van der Waals surface area contributed by atoms with Gasteiger partial charge in [-0.15, -0.1) is 0 Å². The molecule has 1 aliphatic carbocycles. The standard InChI is InChI=1S/C19H27N3O6.CH4O/c23-8-7-21(11-18(25)26)16-3-1-2-4-17(16)22(12-19(27)28)10-15-6-5-14(13-24)9-20-15;1-2/h5-6,8-9,16-17,24H,1-4,7,10-13H2,(H,25,26)(H,27,28);2H,1H3/t16-,17?;/m0./s1. The molecule has 1 saturated carbocycles. The Morgan fingerprint density at radius 1 is 1.07 bits per heavy atom. The Balaban J connectivity index is 0.00000218. The van der Waals surface area contributed by atoms with E-state index in [0.29, 0.717) is 30.5 Å². The summed E-state index contributed by atoms with van der Waals surface area (Å²) in [4.78, 5) is 41.5. The van der Waals surface area contributed by atoms with Crippen LogP contribution in [0.4, 0.5) is 0 Å². The van der Waals surface area contributed by atoms with Gasteiger partial charge in [0.05, 0.1) is 31.9 Å². The van der Waals surface area contributed by atoms with Crippen LogP contribution in [0.3, 0.4) is 0 Å². The number of aliphatic hydroxyl groups is 2. The van der Waals surface area contributed by atoms with E-state index < -0.39 is 11.9 Å². The van der Waals surface area contributed by atoms with Crippen LogP contribution in [0.25, 0.3) is 0 Å². The molecule has 1 aromatic heterocycles. The number of rotatable bonds is 11. The summed E-state index contributed by atoms with van der Waals surface area (Å²) >= 11 is 0. The van der Waals surface area contributed by atoms with E-state index in [1.54, 1.807) is 28.1 Å². The maximum absolute atomic E-state index is 11.5. The number of hydrogen-bond acceptors (Lipinski definition) is 8. The Morgan fingerprint density at radius 3 is 2.10 bits per heavy atom. The summed E-state index contributed by atoms with van der Waals surface area (Å²) in [5.74, 6) is -1.99. The molecule has 0 aromatic carbocycles. The zero-order valence-corrected chi connectivity index (χ0v) is 17.2. The lowest BCUT2D eigenvalue weighted by Gasteiger charge is -2.43. The second-order valence-electron chi connectivity index (χ2n) is 7.02. The first kappa shape index (κ1) is 25.6. The SMILES string of the molecule is CO.O=CCN(CC(=O)O)[C@H]1CCCCC1N(CC(=O)O)Cc1ccc(CO)cn1. The van der Waals surface area contributed by atoms with Gasteiger partial charge in [0.15, 0.2) is 0 Å². The molecule has 1 heterocycles. The van der Waals surface area contributed by atoms with Gasteiger partial charge in [0, 0.05) is 31.9 Å². The minimum atomic E-state index is -1.02. The largest absolute Gasteiger partial charge is 0.480 e. The highest BCUT2D eigenvalue weighted by molar-refractivity contribution is 5.70. The number of nitrogens with zero attached hydrogens (tertiary/aromatic N) is 3. The second kappa shape index (κ2) is 13.8. The number of carbonyl (C=O) groups excluding carboxylic acids is 1. The van der Waals surface area contributed by atoms with Gasteiger partial charge in [-0.25, -0.2) is 0 Å². The Hall–Kier alpha value is -2.40. The average Bonchev–Trinajstić information content (AvgIpc) is 2.74. The lowest BCUT2D eigenvalue weighted by atomic mass is 9.87. The molecule has 0 radical (unpaired) electrons. The highest BCUT2D eigenvalue weighted by atomic mass is 16.4. The molecular formula is C20H31N3O7. The van der Waals surface area contributed by atoms with Crippen molar-refractivity contribution in [2.45, 2.75) is 50.9 Å². The number of aromatic nitrogens is 1. The Bertz CT molecular complexity index is 669. The number of hydrogen-bond donors (Lipinski definition) is 4. The Morgan fingerprint density at radius 2 is 1.63 bits per heavy atom. The van der Waals surface area contributed by atoms with Gasteiger partial charge in [-0.1, -0.05) is 18.9 Å². The molecule has 1 fully saturated rings. The minimum Gasteiger partial charge on any atom is -0.480 e. The molecule has 10 heteroatoms. The van der Waals surface area contributed by atoms with E-state index in [1.807, 2.05) is 0 Å². The van der Waals surface area contributed by atoms with Crippen LogP contribution in [-0.2, 0) is 27.5 Å². The predicted molar refractivity (Wildman–Crippen MR) is 108 cm³/mol. The predicted octanol–water partition coefficient (Wildman–Crippen LogP) is -0.0343. The highest BCUT2D eigenvalue weighted by Gasteiger charge is 2.35. The quantitative estimate of drug-likeness (QED) is 0.356.